The third-order valence-electron chi connectivity index (χ3n) is 2.23. The standard InChI is InChI=1S/C9H11N3O2S/c1-14-8(13)7-5-3-10-4-6(5)11-9(12-7)15-2/h10H,3-4H2,1-2H3. The maximum atomic E-state index is 11.5. The van der Waals surface area contributed by atoms with E-state index in [2.05, 4.69) is 15.3 Å². The van der Waals surface area contributed by atoms with Gasteiger partial charge < -0.3 is 10.1 Å². The van der Waals surface area contributed by atoms with E-state index in [1.165, 1.54) is 18.9 Å². The topological polar surface area (TPSA) is 64.1 Å². The lowest BCUT2D eigenvalue weighted by molar-refractivity contribution is 0.0591. The molecule has 0 saturated heterocycles. The van der Waals surface area contributed by atoms with Gasteiger partial charge in [-0.1, -0.05) is 11.8 Å². The van der Waals surface area contributed by atoms with E-state index in [1.54, 1.807) is 0 Å². The van der Waals surface area contributed by atoms with Crippen molar-refractivity contribution in [2.75, 3.05) is 13.4 Å². The van der Waals surface area contributed by atoms with Crippen LogP contribution in [0, 0.1) is 0 Å². The summed E-state index contributed by atoms with van der Waals surface area (Å²) in [5.74, 6) is -0.396. The van der Waals surface area contributed by atoms with Crippen molar-refractivity contribution in [2.45, 2.75) is 18.2 Å². The lowest BCUT2D eigenvalue weighted by Crippen LogP contribution is -2.11. The molecule has 0 unspecified atom stereocenters. The number of esters is 1. The molecule has 0 saturated carbocycles. The first-order valence-electron chi connectivity index (χ1n) is 4.49. The summed E-state index contributed by atoms with van der Waals surface area (Å²) in [7, 11) is 1.36. The van der Waals surface area contributed by atoms with Crippen molar-refractivity contribution in [2.24, 2.45) is 0 Å². The Labute approximate surface area is 91.6 Å². The summed E-state index contributed by atoms with van der Waals surface area (Å²) in [5.41, 5.74) is 2.14. The van der Waals surface area contributed by atoms with E-state index in [1.807, 2.05) is 6.26 Å². The Hall–Kier alpha value is -1.14. The minimum Gasteiger partial charge on any atom is -0.464 e. The predicted octanol–water partition coefficient (Wildman–Crippen LogP) is 0.588. The number of nitrogens with zero attached hydrogens (tertiary/aromatic N) is 2. The van der Waals surface area contributed by atoms with Crippen LogP contribution in [-0.4, -0.2) is 29.3 Å². The second-order valence-electron chi connectivity index (χ2n) is 3.08. The summed E-state index contributed by atoms with van der Waals surface area (Å²) >= 11 is 1.42. The van der Waals surface area contributed by atoms with E-state index in [-0.39, 0.29) is 0 Å². The van der Waals surface area contributed by atoms with Crippen LogP contribution < -0.4 is 5.32 Å². The molecule has 0 atom stereocenters. The number of hydrogen-bond acceptors (Lipinski definition) is 6. The molecular formula is C9H11N3O2S. The monoisotopic (exact) mass is 225 g/mol. The van der Waals surface area contributed by atoms with E-state index in [9.17, 15) is 4.79 Å². The average Bonchev–Trinajstić information content (AvgIpc) is 2.74. The van der Waals surface area contributed by atoms with E-state index in [4.69, 9.17) is 4.74 Å². The Morgan fingerprint density at radius 3 is 2.93 bits per heavy atom. The van der Waals surface area contributed by atoms with Crippen LogP contribution in [-0.2, 0) is 17.8 Å². The van der Waals surface area contributed by atoms with Crippen molar-refractivity contribution in [1.29, 1.82) is 0 Å². The van der Waals surface area contributed by atoms with Gasteiger partial charge in [0.05, 0.1) is 12.8 Å². The van der Waals surface area contributed by atoms with Crippen molar-refractivity contribution in [3.8, 4) is 0 Å². The van der Waals surface area contributed by atoms with Crippen molar-refractivity contribution < 1.29 is 9.53 Å². The zero-order chi connectivity index (χ0) is 10.8. The van der Waals surface area contributed by atoms with Crippen LogP contribution in [0.3, 0.4) is 0 Å². The van der Waals surface area contributed by atoms with Crippen molar-refractivity contribution in [1.82, 2.24) is 15.3 Å². The van der Waals surface area contributed by atoms with Gasteiger partial charge in [-0.3, -0.25) is 0 Å². The molecule has 0 fully saturated rings. The molecule has 5 nitrogen and oxygen atoms in total. The predicted molar refractivity (Wildman–Crippen MR) is 55.7 cm³/mol. The fourth-order valence-electron chi connectivity index (χ4n) is 1.50. The zero-order valence-corrected chi connectivity index (χ0v) is 9.35. The van der Waals surface area contributed by atoms with Crippen LogP contribution in [0.2, 0.25) is 0 Å². The third kappa shape index (κ3) is 1.82. The first-order valence-corrected chi connectivity index (χ1v) is 5.71. The van der Waals surface area contributed by atoms with Gasteiger partial charge in [-0.15, -0.1) is 0 Å². The van der Waals surface area contributed by atoms with Gasteiger partial charge in [0.1, 0.15) is 0 Å². The van der Waals surface area contributed by atoms with Gasteiger partial charge in [0.25, 0.3) is 0 Å². The van der Waals surface area contributed by atoms with Gasteiger partial charge >= 0.3 is 5.97 Å². The van der Waals surface area contributed by atoms with E-state index in [0.29, 0.717) is 23.9 Å². The van der Waals surface area contributed by atoms with Gasteiger partial charge in [-0.25, -0.2) is 14.8 Å². The molecule has 15 heavy (non-hydrogen) atoms. The van der Waals surface area contributed by atoms with Crippen LogP contribution in [0.15, 0.2) is 5.16 Å². The number of nitrogens with one attached hydrogen (secondary N) is 1. The maximum absolute atomic E-state index is 11.5. The molecule has 0 bridgehead atoms. The van der Waals surface area contributed by atoms with Gasteiger partial charge in [0.2, 0.25) is 0 Å². The number of ether oxygens (including phenoxy) is 1. The number of hydrogen-bond donors (Lipinski definition) is 1. The van der Waals surface area contributed by atoms with E-state index in [0.717, 1.165) is 11.3 Å². The molecule has 6 heteroatoms. The second kappa shape index (κ2) is 4.16. The zero-order valence-electron chi connectivity index (χ0n) is 8.53. The molecule has 0 radical (unpaired) electrons. The number of carbonyl (C=O) groups is 1. The highest BCUT2D eigenvalue weighted by Crippen LogP contribution is 2.20. The molecule has 2 rings (SSSR count). The third-order valence-corrected chi connectivity index (χ3v) is 2.78. The largest absolute Gasteiger partial charge is 0.464 e. The Bertz CT molecular complexity index is 409. The Balaban J connectivity index is 2.52. The molecule has 1 aliphatic heterocycles. The maximum Gasteiger partial charge on any atom is 0.357 e. The van der Waals surface area contributed by atoms with Crippen LogP contribution in [0.25, 0.3) is 0 Å². The first-order chi connectivity index (χ1) is 7.26. The summed E-state index contributed by atoms with van der Waals surface area (Å²) in [6.07, 6.45) is 1.88. The van der Waals surface area contributed by atoms with Crippen LogP contribution in [0.4, 0.5) is 0 Å². The molecule has 0 aromatic carbocycles. The summed E-state index contributed by atoms with van der Waals surface area (Å²) < 4.78 is 4.69. The fourth-order valence-corrected chi connectivity index (χ4v) is 1.89. The highest BCUT2D eigenvalue weighted by molar-refractivity contribution is 7.98. The molecule has 0 aliphatic carbocycles. The molecule has 1 aromatic rings. The fraction of sp³-hybridized carbons (Fsp3) is 0.444. The Morgan fingerprint density at radius 1 is 1.47 bits per heavy atom. The van der Waals surface area contributed by atoms with Crippen molar-refractivity contribution in [3.63, 3.8) is 0 Å². The molecule has 0 spiro atoms. The summed E-state index contributed by atoms with van der Waals surface area (Å²) in [5, 5.41) is 3.75. The summed E-state index contributed by atoms with van der Waals surface area (Å²) in [6, 6.07) is 0. The molecule has 1 aromatic heterocycles. The van der Waals surface area contributed by atoms with Gasteiger partial charge in [0.15, 0.2) is 10.9 Å². The number of rotatable bonds is 2. The number of thioether (sulfide) groups is 1. The highest BCUT2D eigenvalue weighted by atomic mass is 32.2. The normalized spacial score (nSPS) is 13.7. The highest BCUT2D eigenvalue weighted by Gasteiger charge is 2.23. The smallest absolute Gasteiger partial charge is 0.357 e. The van der Waals surface area contributed by atoms with Crippen molar-refractivity contribution >= 4 is 17.7 Å². The first kappa shape index (κ1) is 10.4. The lowest BCUT2D eigenvalue weighted by atomic mass is 10.2. The summed E-state index contributed by atoms with van der Waals surface area (Å²) in [6.45, 7) is 1.32. The number of carbonyl (C=O) groups excluding carboxylic acids is 1. The minimum atomic E-state index is -0.396. The number of aromatic nitrogens is 2. The quantitative estimate of drug-likeness (QED) is 0.451. The van der Waals surface area contributed by atoms with E-state index >= 15 is 0 Å². The van der Waals surface area contributed by atoms with Crippen LogP contribution in [0.5, 0.6) is 0 Å². The molecule has 2 heterocycles. The second-order valence-corrected chi connectivity index (χ2v) is 3.85. The number of methoxy groups -OCH3 is 1. The molecule has 0 amide bonds. The SMILES string of the molecule is COC(=O)c1nc(SC)nc2c1CNC2. The lowest BCUT2D eigenvalue weighted by Gasteiger charge is -2.05. The molecule has 80 valence electrons. The average molecular weight is 225 g/mol. The number of fused-ring (bicyclic) bond motifs is 1. The van der Waals surface area contributed by atoms with Crippen LogP contribution >= 0.6 is 11.8 Å². The van der Waals surface area contributed by atoms with Crippen LogP contribution in [0.1, 0.15) is 21.7 Å². The van der Waals surface area contributed by atoms with Crippen molar-refractivity contribution in [3.05, 3.63) is 17.0 Å². The van der Waals surface area contributed by atoms with Gasteiger partial charge in [-0.05, 0) is 6.26 Å². The summed E-state index contributed by atoms with van der Waals surface area (Å²) in [4.78, 5) is 20.0. The minimum absolute atomic E-state index is 0.386. The molecule has 1 N–H and O–H groups in total. The Kier molecular flexibility index (Phi) is 2.88. The van der Waals surface area contributed by atoms with Gasteiger partial charge in [0, 0.05) is 18.7 Å². The Morgan fingerprint density at radius 2 is 2.27 bits per heavy atom. The van der Waals surface area contributed by atoms with Gasteiger partial charge in [-0.2, -0.15) is 0 Å². The van der Waals surface area contributed by atoms with E-state index < -0.39 is 5.97 Å². The molecular weight excluding hydrogens is 214 g/mol. The molecule has 1 aliphatic rings.